The highest BCUT2D eigenvalue weighted by atomic mass is 16.7. The van der Waals surface area contributed by atoms with E-state index < -0.39 is 0 Å². The minimum absolute atomic E-state index is 0.135. The molecular weight excluding hydrogens is 390 g/mol. The Morgan fingerprint density at radius 3 is 2.58 bits per heavy atom. The summed E-state index contributed by atoms with van der Waals surface area (Å²) >= 11 is 0. The number of hydrogen-bond donors (Lipinski definition) is 0. The van der Waals surface area contributed by atoms with Crippen molar-refractivity contribution in [3.05, 3.63) is 28.8 Å². The molecular formula is C26H37NO4. The number of carbonyl (C=O) groups excluding carboxylic acids is 1. The topological polar surface area (TPSA) is 48.0 Å². The summed E-state index contributed by atoms with van der Waals surface area (Å²) in [5.74, 6) is 2.35. The van der Waals surface area contributed by atoms with Crippen molar-refractivity contribution < 1.29 is 19.0 Å². The van der Waals surface area contributed by atoms with E-state index in [2.05, 4.69) is 26.0 Å². The lowest BCUT2D eigenvalue weighted by molar-refractivity contribution is -0.237. The van der Waals surface area contributed by atoms with Crippen molar-refractivity contribution in [2.45, 2.75) is 77.9 Å². The van der Waals surface area contributed by atoms with Crippen LogP contribution >= 0.6 is 0 Å². The molecule has 4 aliphatic rings. The summed E-state index contributed by atoms with van der Waals surface area (Å²) in [6, 6.07) is 4.46. The average molecular weight is 428 g/mol. The molecule has 5 heteroatoms. The Kier molecular flexibility index (Phi) is 5.33. The second-order valence-electron chi connectivity index (χ2n) is 10.2. The van der Waals surface area contributed by atoms with Gasteiger partial charge in [-0.25, -0.2) is 4.79 Å². The lowest BCUT2D eigenvalue weighted by Gasteiger charge is -2.52. The number of fused-ring (bicyclic) bond motifs is 6. The first-order valence-corrected chi connectivity index (χ1v) is 12.3. The van der Waals surface area contributed by atoms with Crippen molar-refractivity contribution in [1.29, 1.82) is 0 Å². The number of aryl methyl sites for hydroxylation is 2. The highest BCUT2D eigenvalue weighted by molar-refractivity contribution is 5.71. The Morgan fingerprint density at radius 2 is 1.87 bits per heavy atom. The van der Waals surface area contributed by atoms with Crippen LogP contribution in [0.1, 0.15) is 75.5 Å². The molecule has 3 fully saturated rings. The summed E-state index contributed by atoms with van der Waals surface area (Å²) in [4.78, 5) is 14.2. The molecule has 1 saturated heterocycles. The number of nitrogens with zero attached hydrogens (tertiary/aromatic N) is 1. The van der Waals surface area contributed by atoms with Gasteiger partial charge in [0.1, 0.15) is 5.75 Å². The van der Waals surface area contributed by atoms with E-state index in [0.29, 0.717) is 30.8 Å². The van der Waals surface area contributed by atoms with Crippen molar-refractivity contribution in [1.82, 2.24) is 4.90 Å². The van der Waals surface area contributed by atoms with Gasteiger partial charge in [-0.1, -0.05) is 13.0 Å². The molecule has 4 atom stereocenters. The lowest BCUT2D eigenvalue weighted by Crippen LogP contribution is -2.51. The fourth-order valence-electron chi connectivity index (χ4n) is 7.35. The molecule has 2 saturated carbocycles. The zero-order chi connectivity index (χ0) is 21.8. The molecule has 1 spiro atoms. The molecule has 0 radical (unpaired) electrons. The van der Waals surface area contributed by atoms with Gasteiger partial charge in [0.15, 0.2) is 5.79 Å². The molecule has 1 aromatic rings. The van der Waals surface area contributed by atoms with Crippen LogP contribution in [0.2, 0.25) is 0 Å². The molecule has 0 unspecified atom stereocenters. The summed E-state index contributed by atoms with van der Waals surface area (Å²) < 4.78 is 18.3. The monoisotopic (exact) mass is 427 g/mol. The Bertz CT molecular complexity index is 857. The zero-order valence-corrected chi connectivity index (χ0v) is 19.5. The number of amides is 1. The molecule has 0 bridgehead atoms. The van der Waals surface area contributed by atoms with Gasteiger partial charge in [0.2, 0.25) is 0 Å². The van der Waals surface area contributed by atoms with Gasteiger partial charge in [-0.3, -0.25) is 0 Å². The Morgan fingerprint density at radius 1 is 1.13 bits per heavy atom. The number of carbonyl (C=O) groups is 1. The Balaban J connectivity index is 1.40. The normalized spacial score (nSPS) is 33.0. The van der Waals surface area contributed by atoms with Gasteiger partial charge in [0, 0.05) is 24.9 Å². The van der Waals surface area contributed by atoms with Gasteiger partial charge in [-0.2, -0.15) is 0 Å². The van der Waals surface area contributed by atoms with E-state index in [0.717, 1.165) is 43.8 Å². The van der Waals surface area contributed by atoms with Crippen molar-refractivity contribution >= 4 is 6.09 Å². The van der Waals surface area contributed by atoms with Crippen LogP contribution in [-0.4, -0.2) is 43.1 Å². The van der Waals surface area contributed by atoms with E-state index in [4.69, 9.17) is 14.2 Å². The minimum Gasteiger partial charge on any atom is -0.410 e. The predicted octanol–water partition coefficient (Wildman–Crippen LogP) is 5.43. The lowest BCUT2D eigenvalue weighted by atomic mass is 9.54. The van der Waals surface area contributed by atoms with Crippen LogP contribution in [0.5, 0.6) is 5.75 Å². The van der Waals surface area contributed by atoms with Crippen molar-refractivity contribution in [3.8, 4) is 5.75 Å². The first-order valence-electron chi connectivity index (χ1n) is 12.3. The zero-order valence-electron chi connectivity index (χ0n) is 19.5. The van der Waals surface area contributed by atoms with Crippen LogP contribution in [-0.2, 0) is 15.9 Å². The van der Waals surface area contributed by atoms with E-state index in [-0.39, 0.29) is 17.3 Å². The van der Waals surface area contributed by atoms with Crippen LogP contribution in [0.15, 0.2) is 12.1 Å². The second-order valence-corrected chi connectivity index (χ2v) is 10.2. The third-order valence-electron chi connectivity index (χ3n) is 9.04. The van der Waals surface area contributed by atoms with Crippen LogP contribution in [0.3, 0.4) is 0 Å². The summed E-state index contributed by atoms with van der Waals surface area (Å²) in [6.07, 6.45) is 6.64. The number of rotatable bonds is 3. The van der Waals surface area contributed by atoms with Gasteiger partial charge in [-0.05, 0) is 93.4 Å². The van der Waals surface area contributed by atoms with Gasteiger partial charge >= 0.3 is 6.09 Å². The maximum Gasteiger partial charge on any atom is 0.415 e. The third kappa shape index (κ3) is 3.14. The van der Waals surface area contributed by atoms with Crippen molar-refractivity contribution in [2.75, 3.05) is 26.3 Å². The highest BCUT2D eigenvalue weighted by Gasteiger charge is 2.65. The number of ether oxygens (including phenoxy) is 3. The summed E-state index contributed by atoms with van der Waals surface area (Å²) in [6.45, 7) is 11.3. The number of hydrogen-bond acceptors (Lipinski definition) is 4. The Hall–Kier alpha value is -1.59. The largest absolute Gasteiger partial charge is 0.415 e. The van der Waals surface area contributed by atoms with Gasteiger partial charge in [0.25, 0.3) is 0 Å². The van der Waals surface area contributed by atoms with Crippen molar-refractivity contribution in [2.24, 2.45) is 17.3 Å². The highest BCUT2D eigenvalue weighted by Crippen LogP contribution is 2.66. The van der Waals surface area contributed by atoms with Crippen LogP contribution in [0, 0.1) is 24.2 Å². The second kappa shape index (κ2) is 7.77. The number of benzene rings is 1. The molecule has 1 heterocycles. The first kappa shape index (κ1) is 21.3. The van der Waals surface area contributed by atoms with Gasteiger partial charge in [-0.15, -0.1) is 0 Å². The van der Waals surface area contributed by atoms with E-state index in [1.54, 1.807) is 4.90 Å². The maximum absolute atomic E-state index is 12.5. The van der Waals surface area contributed by atoms with Crippen LogP contribution in [0.4, 0.5) is 4.79 Å². The third-order valence-corrected chi connectivity index (χ3v) is 9.04. The summed E-state index contributed by atoms with van der Waals surface area (Å²) in [7, 11) is 0. The molecule has 0 aromatic heterocycles. The van der Waals surface area contributed by atoms with Crippen LogP contribution in [0.25, 0.3) is 0 Å². The van der Waals surface area contributed by atoms with E-state index in [9.17, 15) is 4.79 Å². The summed E-state index contributed by atoms with van der Waals surface area (Å²) in [5, 5.41) is 0. The summed E-state index contributed by atoms with van der Waals surface area (Å²) in [5.41, 5.74) is 4.07. The standard InChI is InChI=1S/C26H37NO4/c1-5-27(6-2)24(28)31-23-16-18-7-8-20-19(21(18)15-17(23)3)9-11-25(4)22(20)10-12-26(25)29-13-14-30-26/h15-16,19-20,22H,5-14H2,1-4H3/t19-,20+,22-,25-/m0/s1. The van der Waals surface area contributed by atoms with E-state index in [1.807, 2.05) is 13.8 Å². The SMILES string of the molecule is CCN(CC)C(=O)Oc1cc2c(cc1C)[C@H]1CC[C@@]3(C)[C@@H](CCC34OCCO4)[C@@H]1CC2. The molecule has 5 nitrogen and oxygen atoms in total. The maximum atomic E-state index is 12.5. The predicted molar refractivity (Wildman–Crippen MR) is 119 cm³/mol. The molecule has 1 amide bonds. The van der Waals surface area contributed by atoms with E-state index >= 15 is 0 Å². The Labute approximate surface area is 186 Å². The first-order chi connectivity index (χ1) is 14.9. The van der Waals surface area contributed by atoms with Crippen molar-refractivity contribution in [3.63, 3.8) is 0 Å². The fraction of sp³-hybridized carbons (Fsp3) is 0.731. The smallest absolute Gasteiger partial charge is 0.410 e. The molecule has 0 N–H and O–H groups in total. The van der Waals surface area contributed by atoms with E-state index in [1.165, 1.54) is 30.4 Å². The quantitative estimate of drug-likeness (QED) is 0.645. The van der Waals surface area contributed by atoms with Crippen LogP contribution < -0.4 is 4.74 Å². The fourth-order valence-corrected chi connectivity index (χ4v) is 7.35. The van der Waals surface area contributed by atoms with Gasteiger partial charge < -0.3 is 19.1 Å². The molecule has 31 heavy (non-hydrogen) atoms. The minimum atomic E-state index is -0.332. The molecule has 1 aromatic carbocycles. The molecule has 5 rings (SSSR count). The van der Waals surface area contributed by atoms with Gasteiger partial charge in [0.05, 0.1) is 13.2 Å². The molecule has 1 aliphatic heterocycles. The molecule has 3 aliphatic carbocycles. The molecule has 170 valence electrons. The average Bonchev–Trinajstić information content (AvgIpc) is 3.35.